The van der Waals surface area contributed by atoms with Crippen molar-refractivity contribution in [2.45, 2.75) is 81.2 Å². The third-order valence-electron chi connectivity index (χ3n) is 4.21. The van der Waals surface area contributed by atoms with E-state index in [0.717, 1.165) is 0 Å². The van der Waals surface area contributed by atoms with E-state index in [0.29, 0.717) is 5.56 Å². The molecule has 1 unspecified atom stereocenters. The number of hydrogen-bond donors (Lipinski definition) is 1. The van der Waals surface area contributed by atoms with Crippen molar-refractivity contribution in [3.05, 3.63) is 35.9 Å². The molecule has 0 spiro atoms. The SMILES string of the molecule is CCC[CH2][Ge]([CH2]CCC)[CH2]CCC.COC(C(=O)O)c1ccccc1. The summed E-state index contributed by atoms with van der Waals surface area (Å²) in [6, 6.07) is 8.84. The van der Waals surface area contributed by atoms with Gasteiger partial charge in [-0.3, -0.25) is 0 Å². The molecular formula is C21H37GeO3. The summed E-state index contributed by atoms with van der Waals surface area (Å²) in [5, 5.41) is 13.6. The predicted octanol–water partition coefficient (Wildman–Crippen LogP) is 6.34. The number of carbonyl (C=O) groups is 1. The number of carboxylic acid groups (broad SMARTS) is 1. The van der Waals surface area contributed by atoms with Gasteiger partial charge >= 0.3 is 95.4 Å². The predicted molar refractivity (Wildman–Crippen MR) is 109 cm³/mol. The van der Waals surface area contributed by atoms with Crippen LogP contribution in [0.1, 0.15) is 71.0 Å². The molecule has 0 amide bonds. The van der Waals surface area contributed by atoms with E-state index in [-0.39, 0.29) is 0 Å². The molecule has 0 aliphatic carbocycles. The Labute approximate surface area is 159 Å². The molecule has 0 saturated heterocycles. The Morgan fingerprint density at radius 3 is 1.72 bits per heavy atom. The van der Waals surface area contributed by atoms with E-state index in [1.54, 1.807) is 40.0 Å². The van der Waals surface area contributed by atoms with Crippen LogP contribution in [0.2, 0.25) is 15.8 Å². The molecule has 1 atom stereocenters. The summed E-state index contributed by atoms with van der Waals surface area (Å²) in [5.41, 5.74) is 0.660. The first-order valence-corrected chi connectivity index (χ1v) is 14.2. The summed E-state index contributed by atoms with van der Waals surface area (Å²) in [5.74, 6) is -0.969. The number of methoxy groups -OCH3 is 1. The zero-order valence-electron chi connectivity index (χ0n) is 16.6. The minimum atomic E-state index is -0.969. The van der Waals surface area contributed by atoms with Crippen LogP contribution >= 0.6 is 0 Å². The van der Waals surface area contributed by atoms with Crippen molar-refractivity contribution in [2.75, 3.05) is 7.11 Å². The van der Waals surface area contributed by atoms with Crippen molar-refractivity contribution in [3.8, 4) is 0 Å². The zero-order chi connectivity index (χ0) is 18.9. The molecule has 0 aliphatic heterocycles. The maximum absolute atomic E-state index is 10.6. The summed E-state index contributed by atoms with van der Waals surface area (Å²) < 4.78 is 4.80. The third kappa shape index (κ3) is 12.2. The van der Waals surface area contributed by atoms with Gasteiger partial charge in [-0.2, -0.15) is 0 Å². The maximum Gasteiger partial charge on any atom is 0.337 e. The zero-order valence-corrected chi connectivity index (χ0v) is 18.7. The molecule has 143 valence electrons. The molecule has 1 aromatic carbocycles. The Morgan fingerprint density at radius 1 is 0.960 bits per heavy atom. The topological polar surface area (TPSA) is 46.5 Å². The maximum atomic E-state index is 10.6. The van der Waals surface area contributed by atoms with Gasteiger partial charge in [0.05, 0.1) is 0 Å². The van der Waals surface area contributed by atoms with Gasteiger partial charge < -0.3 is 9.84 Å². The summed E-state index contributed by atoms with van der Waals surface area (Å²) in [6.07, 6.45) is 7.93. The molecule has 0 heterocycles. The van der Waals surface area contributed by atoms with Crippen molar-refractivity contribution in [3.63, 3.8) is 0 Å². The molecule has 0 saturated carbocycles. The molecule has 3 nitrogen and oxygen atoms in total. The van der Waals surface area contributed by atoms with Crippen molar-refractivity contribution in [1.82, 2.24) is 0 Å². The third-order valence-corrected chi connectivity index (χ3v) is 10.9. The van der Waals surface area contributed by atoms with Gasteiger partial charge in [0.25, 0.3) is 0 Å². The van der Waals surface area contributed by atoms with Gasteiger partial charge in [0.1, 0.15) is 0 Å². The number of aliphatic carboxylic acids is 1. The van der Waals surface area contributed by atoms with E-state index >= 15 is 0 Å². The molecule has 25 heavy (non-hydrogen) atoms. The van der Waals surface area contributed by atoms with Gasteiger partial charge in [-0.05, 0) is 5.56 Å². The Morgan fingerprint density at radius 2 is 1.40 bits per heavy atom. The van der Waals surface area contributed by atoms with Gasteiger partial charge in [0.2, 0.25) is 0 Å². The summed E-state index contributed by atoms with van der Waals surface area (Å²) in [7, 11) is 1.38. The minimum absolute atomic E-state index is 0.552. The fraction of sp³-hybridized carbons (Fsp3) is 0.667. The van der Waals surface area contributed by atoms with Crippen molar-refractivity contribution in [1.29, 1.82) is 0 Å². The van der Waals surface area contributed by atoms with Gasteiger partial charge in [-0.1, -0.05) is 30.3 Å². The van der Waals surface area contributed by atoms with Crippen LogP contribution in [0.3, 0.4) is 0 Å². The molecule has 1 rings (SSSR count). The second kappa shape index (κ2) is 16.7. The molecule has 0 aromatic heterocycles. The molecule has 0 fully saturated rings. The number of hydrogen-bond acceptors (Lipinski definition) is 2. The molecule has 1 aromatic rings. The van der Waals surface area contributed by atoms with E-state index in [1.165, 1.54) is 45.6 Å². The normalized spacial score (nSPS) is 11.7. The van der Waals surface area contributed by atoms with Gasteiger partial charge in [0, 0.05) is 7.11 Å². The van der Waals surface area contributed by atoms with Gasteiger partial charge in [-0.15, -0.1) is 0 Å². The van der Waals surface area contributed by atoms with Crippen LogP contribution in [0, 0.1) is 0 Å². The fourth-order valence-corrected chi connectivity index (χ4v) is 9.61. The van der Waals surface area contributed by atoms with Crippen molar-refractivity contribution in [2.24, 2.45) is 0 Å². The number of unbranched alkanes of at least 4 members (excludes halogenated alkanes) is 3. The van der Waals surface area contributed by atoms with Crippen molar-refractivity contribution >= 4 is 20.3 Å². The molecule has 0 bridgehead atoms. The van der Waals surface area contributed by atoms with Crippen LogP contribution in [0.25, 0.3) is 0 Å². The first-order chi connectivity index (χ1) is 12.1. The number of benzene rings is 1. The number of ether oxygens (including phenoxy) is 1. The second-order valence-corrected chi connectivity index (χ2v) is 12.7. The van der Waals surface area contributed by atoms with E-state index in [4.69, 9.17) is 9.84 Å². The van der Waals surface area contributed by atoms with Crippen LogP contribution in [0.5, 0.6) is 0 Å². The summed E-state index contributed by atoms with van der Waals surface area (Å²) in [4.78, 5) is 10.6. The fourth-order valence-electron chi connectivity index (χ4n) is 2.66. The minimum Gasteiger partial charge on any atom is -0.479 e. The number of carboxylic acids is 1. The monoisotopic (exact) mass is 411 g/mol. The largest absolute Gasteiger partial charge is 0.479 e. The molecule has 1 N–H and O–H groups in total. The second-order valence-electron chi connectivity index (χ2n) is 6.43. The average Bonchev–Trinajstić information content (AvgIpc) is 2.63. The average molecular weight is 410 g/mol. The Bertz CT molecular complexity index is 403. The quantitative estimate of drug-likeness (QED) is 0.409. The molecule has 1 radical (unpaired) electrons. The molecular weight excluding hydrogens is 373 g/mol. The van der Waals surface area contributed by atoms with Crippen LogP contribution in [0.4, 0.5) is 0 Å². The van der Waals surface area contributed by atoms with Crippen molar-refractivity contribution < 1.29 is 14.6 Å². The summed E-state index contributed by atoms with van der Waals surface area (Å²) in [6.45, 7) is 6.99. The summed E-state index contributed by atoms with van der Waals surface area (Å²) >= 11 is -0.552. The van der Waals surface area contributed by atoms with Crippen LogP contribution in [-0.4, -0.2) is 32.5 Å². The van der Waals surface area contributed by atoms with Crippen LogP contribution in [-0.2, 0) is 9.53 Å². The van der Waals surface area contributed by atoms with Crippen LogP contribution in [0.15, 0.2) is 30.3 Å². The first kappa shape index (κ1) is 24.2. The van der Waals surface area contributed by atoms with E-state index in [1.807, 2.05) is 6.07 Å². The molecule has 0 aliphatic rings. The number of rotatable bonds is 12. The first-order valence-electron chi connectivity index (χ1n) is 9.74. The molecule has 4 heteroatoms. The van der Waals surface area contributed by atoms with E-state index < -0.39 is 26.4 Å². The Kier molecular flexibility index (Phi) is 16.1. The smallest absolute Gasteiger partial charge is 0.337 e. The van der Waals surface area contributed by atoms with Gasteiger partial charge in [-0.25, -0.2) is 4.79 Å². The standard InChI is InChI=1S/C12H27Ge.C9H10O3/c1-4-7-10-13(11-8-5-2)12-9-6-3;1-12-8(9(10)11)7-5-3-2-4-6-7/h4-12H2,1-3H3;2-6,8H,1H3,(H,10,11). The Balaban J connectivity index is 0.000000462. The van der Waals surface area contributed by atoms with Crippen LogP contribution < -0.4 is 0 Å². The van der Waals surface area contributed by atoms with E-state index in [9.17, 15) is 4.79 Å². The van der Waals surface area contributed by atoms with Gasteiger partial charge in [0.15, 0.2) is 6.10 Å². The Hall–Kier alpha value is -0.807. The van der Waals surface area contributed by atoms with E-state index in [2.05, 4.69) is 20.8 Å².